The van der Waals surface area contributed by atoms with E-state index in [1.807, 2.05) is 0 Å². The Labute approximate surface area is 159 Å². The Balaban J connectivity index is 1.98. The molecule has 3 nitrogen and oxygen atoms in total. The van der Waals surface area contributed by atoms with Gasteiger partial charge in [-0.25, -0.2) is 0 Å². The summed E-state index contributed by atoms with van der Waals surface area (Å²) in [5.74, 6) is 0.259. The van der Waals surface area contributed by atoms with Gasteiger partial charge < -0.3 is 15.3 Å². The average molecular weight is 363 g/mol. The number of unbranched alkanes of at least 4 members (excludes halogenated alkanes) is 9. The number of aliphatic hydroxyl groups excluding tert-OH is 1. The van der Waals surface area contributed by atoms with E-state index < -0.39 is 6.10 Å². The van der Waals surface area contributed by atoms with Gasteiger partial charge in [0.1, 0.15) is 11.5 Å². The molecule has 0 bridgehead atoms. The zero-order valence-corrected chi connectivity index (χ0v) is 16.5. The third-order valence-corrected chi connectivity index (χ3v) is 4.82. The molecule has 0 amide bonds. The van der Waals surface area contributed by atoms with Crippen LogP contribution in [-0.4, -0.2) is 21.4 Å². The van der Waals surface area contributed by atoms with Crippen molar-refractivity contribution >= 4 is 0 Å². The molecule has 0 saturated heterocycles. The minimum Gasteiger partial charge on any atom is -0.508 e. The summed E-state index contributed by atoms with van der Waals surface area (Å²) in [5.41, 5.74) is 0.607. The Morgan fingerprint density at radius 3 is 2.15 bits per heavy atom. The lowest BCUT2D eigenvalue weighted by Crippen LogP contribution is -2.10. The topological polar surface area (TPSA) is 60.7 Å². The van der Waals surface area contributed by atoms with Crippen LogP contribution in [0.25, 0.3) is 0 Å². The molecule has 0 heterocycles. The van der Waals surface area contributed by atoms with Crippen LogP contribution in [0, 0.1) is 0 Å². The van der Waals surface area contributed by atoms with E-state index in [0.29, 0.717) is 12.0 Å². The minimum absolute atomic E-state index is 0.123. The number of aliphatic hydroxyl groups is 1. The predicted molar refractivity (Wildman–Crippen MR) is 110 cm³/mol. The Morgan fingerprint density at radius 2 is 1.46 bits per heavy atom. The molecule has 0 aliphatic rings. The maximum absolute atomic E-state index is 10.1. The van der Waals surface area contributed by atoms with Crippen molar-refractivity contribution < 1.29 is 15.3 Å². The van der Waals surface area contributed by atoms with Crippen LogP contribution in [-0.2, 0) is 6.42 Å². The number of benzene rings is 1. The molecule has 1 atom stereocenters. The standard InChI is InChI=1S/C23H38O3/c1-2-3-4-5-6-7-8-9-10-11-12-13-14-15-21(24)18-20-19-22(25)16-17-23(20)26/h9-10,16-17,19,21,24-26H,2-8,11-15,18H2,1H3/t21-/m1/s1. The Kier molecular flexibility index (Phi) is 12.7. The summed E-state index contributed by atoms with van der Waals surface area (Å²) in [7, 11) is 0. The fraction of sp³-hybridized carbons (Fsp3) is 0.652. The molecule has 0 saturated carbocycles. The number of phenolic OH excluding ortho intramolecular Hbond substituents is 2. The second kappa shape index (κ2) is 14.7. The van der Waals surface area contributed by atoms with Gasteiger partial charge >= 0.3 is 0 Å². The smallest absolute Gasteiger partial charge is 0.119 e. The third-order valence-electron chi connectivity index (χ3n) is 4.82. The molecule has 1 rings (SSSR count). The molecular formula is C23H38O3. The van der Waals surface area contributed by atoms with Crippen molar-refractivity contribution in [3.8, 4) is 11.5 Å². The fourth-order valence-electron chi connectivity index (χ4n) is 3.19. The number of rotatable bonds is 15. The van der Waals surface area contributed by atoms with Crippen LogP contribution >= 0.6 is 0 Å². The second-order valence-electron chi connectivity index (χ2n) is 7.34. The van der Waals surface area contributed by atoms with Crippen LogP contribution < -0.4 is 0 Å². The van der Waals surface area contributed by atoms with Crippen molar-refractivity contribution in [1.29, 1.82) is 0 Å². The average Bonchev–Trinajstić information content (AvgIpc) is 2.62. The van der Waals surface area contributed by atoms with Gasteiger partial charge in [0.25, 0.3) is 0 Å². The van der Waals surface area contributed by atoms with Gasteiger partial charge in [-0.1, -0.05) is 64.0 Å². The molecule has 0 spiro atoms. The maximum atomic E-state index is 10.1. The molecule has 3 heteroatoms. The Morgan fingerprint density at radius 1 is 0.846 bits per heavy atom. The number of allylic oxidation sites excluding steroid dienone is 2. The van der Waals surface area contributed by atoms with Gasteiger partial charge in [0.15, 0.2) is 0 Å². The van der Waals surface area contributed by atoms with Gasteiger partial charge in [-0.05, 0) is 50.3 Å². The number of phenols is 2. The maximum Gasteiger partial charge on any atom is 0.119 e. The van der Waals surface area contributed by atoms with Gasteiger partial charge in [0.05, 0.1) is 6.10 Å². The summed E-state index contributed by atoms with van der Waals surface area (Å²) in [4.78, 5) is 0. The van der Waals surface area contributed by atoms with Crippen LogP contribution in [0.3, 0.4) is 0 Å². The first-order chi connectivity index (χ1) is 12.6. The Bertz CT molecular complexity index is 496. The quantitative estimate of drug-likeness (QED) is 0.196. The van der Waals surface area contributed by atoms with E-state index in [4.69, 9.17) is 0 Å². The van der Waals surface area contributed by atoms with Gasteiger partial charge in [-0.2, -0.15) is 0 Å². The van der Waals surface area contributed by atoms with Crippen LogP contribution in [0.5, 0.6) is 11.5 Å². The fourth-order valence-corrected chi connectivity index (χ4v) is 3.19. The third kappa shape index (κ3) is 11.2. The highest BCUT2D eigenvalue weighted by atomic mass is 16.3. The highest BCUT2D eigenvalue weighted by molar-refractivity contribution is 5.38. The van der Waals surface area contributed by atoms with E-state index in [0.717, 1.165) is 32.1 Å². The van der Waals surface area contributed by atoms with E-state index in [1.165, 1.54) is 63.1 Å². The number of hydrogen-bond donors (Lipinski definition) is 3. The summed E-state index contributed by atoms with van der Waals surface area (Å²) in [6.07, 6.45) is 19.0. The minimum atomic E-state index is -0.467. The molecule has 1 aromatic carbocycles. The van der Waals surface area contributed by atoms with Gasteiger partial charge in [-0.15, -0.1) is 0 Å². The lowest BCUT2D eigenvalue weighted by atomic mass is 10.0. The molecule has 0 aliphatic heterocycles. The predicted octanol–water partition coefficient (Wildman–Crippen LogP) is 6.26. The number of aromatic hydroxyl groups is 2. The molecule has 26 heavy (non-hydrogen) atoms. The van der Waals surface area contributed by atoms with Crippen LogP contribution in [0.4, 0.5) is 0 Å². The van der Waals surface area contributed by atoms with E-state index in [-0.39, 0.29) is 11.5 Å². The van der Waals surface area contributed by atoms with E-state index in [9.17, 15) is 15.3 Å². The second-order valence-corrected chi connectivity index (χ2v) is 7.34. The SMILES string of the molecule is CCCCCCCCC=CCCCCC[C@@H](O)Cc1cc(O)ccc1O. The largest absolute Gasteiger partial charge is 0.508 e. The van der Waals surface area contributed by atoms with Crippen LogP contribution in [0.1, 0.15) is 89.5 Å². The van der Waals surface area contributed by atoms with Gasteiger partial charge in [-0.3, -0.25) is 0 Å². The van der Waals surface area contributed by atoms with Crippen molar-refractivity contribution in [2.75, 3.05) is 0 Å². The highest BCUT2D eigenvalue weighted by Crippen LogP contribution is 2.24. The van der Waals surface area contributed by atoms with E-state index in [2.05, 4.69) is 19.1 Å². The molecule has 148 valence electrons. The van der Waals surface area contributed by atoms with Crippen molar-refractivity contribution in [1.82, 2.24) is 0 Å². The van der Waals surface area contributed by atoms with Crippen LogP contribution in [0.2, 0.25) is 0 Å². The van der Waals surface area contributed by atoms with E-state index in [1.54, 1.807) is 0 Å². The summed E-state index contributed by atoms with van der Waals surface area (Å²) >= 11 is 0. The summed E-state index contributed by atoms with van der Waals surface area (Å²) in [5, 5.41) is 29.3. The van der Waals surface area contributed by atoms with Crippen molar-refractivity contribution in [3.63, 3.8) is 0 Å². The molecule has 0 aliphatic carbocycles. The van der Waals surface area contributed by atoms with Crippen LogP contribution in [0.15, 0.2) is 30.4 Å². The first kappa shape index (κ1) is 22.6. The molecule has 0 fully saturated rings. The van der Waals surface area contributed by atoms with Crippen molar-refractivity contribution in [2.24, 2.45) is 0 Å². The van der Waals surface area contributed by atoms with Crippen molar-refractivity contribution in [2.45, 2.75) is 96.5 Å². The molecule has 0 radical (unpaired) electrons. The normalized spacial score (nSPS) is 12.7. The van der Waals surface area contributed by atoms with Gasteiger partial charge in [0.2, 0.25) is 0 Å². The lowest BCUT2D eigenvalue weighted by molar-refractivity contribution is 0.160. The summed E-state index contributed by atoms with van der Waals surface area (Å²) in [6.45, 7) is 2.25. The molecule has 3 N–H and O–H groups in total. The first-order valence-electron chi connectivity index (χ1n) is 10.5. The highest BCUT2D eigenvalue weighted by Gasteiger charge is 2.09. The van der Waals surface area contributed by atoms with Gasteiger partial charge in [0, 0.05) is 12.0 Å². The number of hydrogen-bond acceptors (Lipinski definition) is 3. The molecular weight excluding hydrogens is 324 g/mol. The summed E-state index contributed by atoms with van der Waals surface area (Å²) in [6, 6.07) is 4.44. The van der Waals surface area contributed by atoms with Crippen molar-refractivity contribution in [3.05, 3.63) is 35.9 Å². The molecule has 0 aromatic heterocycles. The first-order valence-corrected chi connectivity index (χ1v) is 10.5. The zero-order chi connectivity index (χ0) is 19.0. The monoisotopic (exact) mass is 362 g/mol. The summed E-state index contributed by atoms with van der Waals surface area (Å²) < 4.78 is 0. The molecule has 1 aromatic rings. The molecule has 0 unspecified atom stereocenters. The zero-order valence-electron chi connectivity index (χ0n) is 16.5. The lowest BCUT2D eigenvalue weighted by Gasteiger charge is -2.11. The Hall–Kier alpha value is -1.48. The van der Waals surface area contributed by atoms with E-state index >= 15 is 0 Å².